The van der Waals surface area contributed by atoms with Crippen LogP contribution in [0.5, 0.6) is 0 Å². The number of carbonyl (C=O) groups excluding carboxylic acids is 2. The fraction of sp³-hybridized carbons (Fsp3) is 0.913. The van der Waals surface area contributed by atoms with Gasteiger partial charge >= 0.3 is 11.9 Å². The summed E-state index contributed by atoms with van der Waals surface area (Å²) in [6.45, 7) is 26.6. The van der Waals surface area contributed by atoms with Gasteiger partial charge in [-0.25, -0.2) is 0 Å². The van der Waals surface area contributed by atoms with Crippen LogP contribution in [0.3, 0.4) is 0 Å². The van der Waals surface area contributed by atoms with Crippen molar-refractivity contribution in [2.24, 2.45) is 63.1 Å². The molecule has 0 N–H and O–H groups in total. The zero-order valence-corrected chi connectivity index (χ0v) is 34.3. The van der Waals surface area contributed by atoms with Crippen LogP contribution in [0.1, 0.15) is 151 Å². The predicted molar refractivity (Wildman–Crippen MR) is 210 cm³/mol. The Morgan fingerprint density at radius 3 is 1.98 bits per heavy atom. The molecule has 0 bridgehead atoms. The third-order valence-corrected chi connectivity index (χ3v) is 17.9. The smallest absolute Gasteiger partial charge is 0.307 e. The minimum Gasteiger partial charge on any atom is -0.465 e. The van der Waals surface area contributed by atoms with Gasteiger partial charge in [0.1, 0.15) is 6.10 Å². The van der Waals surface area contributed by atoms with Crippen LogP contribution in [0, 0.1) is 63.1 Å². The number of carbonyl (C=O) groups is 2. The monoisotopic (exact) mass is 721 g/mol. The summed E-state index contributed by atoms with van der Waals surface area (Å²) in [7, 11) is 0. The largest absolute Gasteiger partial charge is 0.465 e. The van der Waals surface area contributed by atoms with E-state index in [-0.39, 0.29) is 39.7 Å². The molecular formula is C46H76N2O4. The van der Waals surface area contributed by atoms with E-state index in [9.17, 15) is 9.59 Å². The summed E-state index contributed by atoms with van der Waals surface area (Å²) in [4.78, 5) is 31.4. The van der Waals surface area contributed by atoms with E-state index >= 15 is 0 Å². The van der Waals surface area contributed by atoms with Gasteiger partial charge in [-0.2, -0.15) is 0 Å². The number of fused-ring (bicyclic) bond motifs is 7. The number of ether oxygens (including phenoxy) is 2. The lowest BCUT2D eigenvalue weighted by Gasteiger charge is -2.72. The molecule has 294 valence electrons. The molecule has 5 aliphatic carbocycles. The second-order valence-electron chi connectivity index (χ2n) is 20.7. The highest BCUT2D eigenvalue weighted by molar-refractivity contribution is 5.70. The summed E-state index contributed by atoms with van der Waals surface area (Å²) in [5.74, 6) is 4.27. The van der Waals surface area contributed by atoms with Gasteiger partial charge in [-0.3, -0.25) is 9.59 Å². The van der Waals surface area contributed by atoms with Gasteiger partial charge in [0.05, 0.1) is 19.4 Å². The van der Waals surface area contributed by atoms with Crippen LogP contribution in [0.2, 0.25) is 0 Å². The molecule has 5 unspecified atom stereocenters. The molecule has 0 radical (unpaired) electrons. The van der Waals surface area contributed by atoms with Crippen molar-refractivity contribution in [3.05, 3.63) is 12.2 Å². The summed E-state index contributed by atoms with van der Waals surface area (Å²) in [5.41, 5.74) is 2.01. The average molecular weight is 721 g/mol. The highest BCUT2D eigenvalue weighted by Gasteiger charge is 2.70. The maximum atomic E-state index is 13.3. The van der Waals surface area contributed by atoms with E-state index in [2.05, 4.69) is 57.9 Å². The Balaban J connectivity index is 1.06. The number of esters is 2. The molecule has 0 amide bonds. The molecule has 52 heavy (non-hydrogen) atoms. The number of rotatable bonds is 10. The Morgan fingerprint density at radius 2 is 1.35 bits per heavy atom. The first-order valence-corrected chi connectivity index (χ1v) is 22.2. The molecule has 7 aliphatic rings. The van der Waals surface area contributed by atoms with Crippen molar-refractivity contribution in [2.45, 2.75) is 157 Å². The summed E-state index contributed by atoms with van der Waals surface area (Å²) in [6.07, 6.45) is 19.7. The van der Waals surface area contributed by atoms with Crippen LogP contribution in [0.15, 0.2) is 12.2 Å². The number of piperidine rings is 2. The van der Waals surface area contributed by atoms with E-state index in [4.69, 9.17) is 9.47 Å². The lowest BCUT2D eigenvalue weighted by Crippen LogP contribution is -2.67. The topological polar surface area (TPSA) is 59.1 Å². The summed E-state index contributed by atoms with van der Waals surface area (Å²) >= 11 is 0. The number of hydrogen-bond acceptors (Lipinski definition) is 6. The first-order valence-electron chi connectivity index (χ1n) is 22.2. The standard InChI is InChI=1S/C46H76N2O4/c1-32(2)34-14-15-35-33(31-51-40(49)20-28-47-24-10-8-11-25-47)30-46(7)36(42(34)35)16-17-38-44(5)22-19-39(43(3,4)37(44)18-23-45(38,46)6)52-41(50)21-29-48-26-12-9-13-27-48/h33-39,42H,1,8-31H2,2-7H3/t33-,34+,35?,36?,37?,38?,39+,42?,44+,45-,46-/m1/s1. The SMILES string of the molecule is C=C(C)[C@@H]1CCC2C1C1CCC3[C@@]4(C)CC[C@H](OC(=O)CCN5CCCCC5)C(C)(C)C4CC[C@@]3(C)[C@]1(C)C[C@@H]2COC(=O)CCN1CCCCC1. The quantitative estimate of drug-likeness (QED) is 0.166. The lowest BCUT2D eigenvalue weighted by molar-refractivity contribution is -0.251. The lowest BCUT2D eigenvalue weighted by atomic mass is 9.32. The second-order valence-corrected chi connectivity index (χ2v) is 20.7. The molecule has 0 aromatic heterocycles. The van der Waals surface area contributed by atoms with Gasteiger partial charge in [-0.1, -0.05) is 59.6 Å². The molecule has 7 rings (SSSR count). The molecule has 7 fully saturated rings. The summed E-state index contributed by atoms with van der Waals surface area (Å²) in [5, 5.41) is 0. The maximum Gasteiger partial charge on any atom is 0.307 e. The highest BCUT2D eigenvalue weighted by Crippen LogP contribution is 2.76. The fourth-order valence-electron chi connectivity index (χ4n) is 15.2. The molecule has 2 aliphatic heterocycles. The van der Waals surface area contributed by atoms with E-state index in [1.807, 2.05) is 0 Å². The second kappa shape index (κ2) is 15.3. The van der Waals surface area contributed by atoms with Crippen molar-refractivity contribution in [1.29, 1.82) is 0 Å². The molecule has 2 heterocycles. The van der Waals surface area contributed by atoms with Crippen LogP contribution in [-0.4, -0.2) is 73.7 Å². The van der Waals surface area contributed by atoms with Crippen LogP contribution in [-0.2, 0) is 19.1 Å². The molecular weight excluding hydrogens is 645 g/mol. The van der Waals surface area contributed by atoms with Gasteiger partial charge in [0.2, 0.25) is 0 Å². The zero-order chi connectivity index (χ0) is 36.9. The molecule has 6 nitrogen and oxygen atoms in total. The number of allylic oxidation sites excluding steroid dienone is 1. The number of nitrogens with zero attached hydrogens (tertiary/aromatic N) is 2. The van der Waals surface area contributed by atoms with E-state index < -0.39 is 0 Å². The van der Waals surface area contributed by atoms with Gasteiger partial charge in [0.25, 0.3) is 0 Å². The van der Waals surface area contributed by atoms with Gasteiger partial charge in [0.15, 0.2) is 0 Å². The Kier molecular flexibility index (Phi) is 11.4. The van der Waals surface area contributed by atoms with Gasteiger partial charge < -0.3 is 19.3 Å². The Morgan fingerprint density at radius 1 is 0.712 bits per heavy atom. The molecule has 0 spiro atoms. The highest BCUT2D eigenvalue weighted by atomic mass is 16.5. The third-order valence-electron chi connectivity index (χ3n) is 17.9. The van der Waals surface area contributed by atoms with Crippen LogP contribution < -0.4 is 0 Å². The van der Waals surface area contributed by atoms with Gasteiger partial charge in [-0.15, -0.1) is 0 Å². The predicted octanol–water partition coefficient (Wildman–Crippen LogP) is 9.71. The Labute approximate surface area is 318 Å². The minimum atomic E-state index is -0.0358. The minimum absolute atomic E-state index is 0.00921. The van der Waals surface area contributed by atoms with Crippen LogP contribution >= 0.6 is 0 Å². The van der Waals surface area contributed by atoms with Crippen molar-refractivity contribution >= 4 is 11.9 Å². The molecule has 2 saturated heterocycles. The van der Waals surface area contributed by atoms with E-state index in [0.717, 1.165) is 52.1 Å². The Bertz CT molecular complexity index is 1300. The molecule has 11 atom stereocenters. The average Bonchev–Trinajstić information content (AvgIpc) is 3.57. The van der Waals surface area contributed by atoms with Crippen LogP contribution in [0.25, 0.3) is 0 Å². The van der Waals surface area contributed by atoms with Crippen molar-refractivity contribution in [3.63, 3.8) is 0 Å². The molecule has 0 aromatic rings. The summed E-state index contributed by atoms with van der Waals surface area (Å²) in [6, 6.07) is 0. The van der Waals surface area contributed by atoms with Crippen molar-refractivity contribution < 1.29 is 19.1 Å². The fourth-order valence-corrected chi connectivity index (χ4v) is 15.2. The molecule has 5 saturated carbocycles. The first kappa shape index (κ1) is 38.9. The molecule has 6 heteroatoms. The normalized spacial score (nSPS) is 43.3. The first-order chi connectivity index (χ1) is 24.8. The van der Waals surface area contributed by atoms with Crippen LogP contribution in [0.4, 0.5) is 0 Å². The number of hydrogen-bond donors (Lipinski definition) is 0. The van der Waals surface area contributed by atoms with E-state index in [1.54, 1.807) is 0 Å². The zero-order valence-electron chi connectivity index (χ0n) is 34.3. The number of likely N-dealkylation sites (tertiary alicyclic amines) is 2. The van der Waals surface area contributed by atoms with Gasteiger partial charge in [-0.05, 0) is 174 Å². The van der Waals surface area contributed by atoms with Crippen molar-refractivity contribution in [3.8, 4) is 0 Å². The molecule has 0 aromatic carbocycles. The third kappa shape index (κ3) is 6.98. The van der Waals surface area contributed by atoms with Crippen molar-refractivity contribution in [1.82, 2.24) is 9.80 Å². The van der Waals surface area contributed by atoms with Crippen molar-refractivity contribution in [2.75, 3.05) is 45.9 Å². The van der Waals surface area contributed by atoms with Gasteiger partial charge in [0, 0.05) is 18.5 Å². The van der Waals surface area contributed by atoms with E-state index in [0.29, 0.717) is 60.9 Å². The Hall–Kier alpha value is -1.40. The maximum absolute atomic E-state index is 13.3. The van der Waals surface area contributed by atoms with E-state index in [1.165, 1.54) is 89.0 Å². The summed E-state index contributed by atoms with van der Waals surface area (Å²) < 4.78 is 12.7.